The molecular formula is C14H23N5. The van der Waals surface area contributed by atoms with Crippen molar-refractivity contribution in [3.05, 3.63) is 18.0 Å². The van der Waals surface area contributed by atoms with Gasteiger partial charge < -0.3 is 10.6 Å². The molecule has 5 heteroatoms. The van der Waals surface area contributed by atoms with Crippen LogP contribution in [0.25, 0.3) is 0 Å². The molecule has 2 heterocycles. The van der Waals surface area contributed by atoms with Gasteiger partial charge in [-0.15, -0.1) is 0 Å². The molecule has 0 radical (unpaired) electrons. The van der Waals surface area contributed by atoms with Crippen LogP contribution in [0.4, 0.5) is 5.95 Å². The first-order chi connectivity index (χ1) is 9.35. The van der Waals surface area contributed by atoms with E-state index >= 15 is 0 Å². The number of piperazine rings is 1. The predicted octanol–water partition coefficient (Wildman–Crippen LogP) is 0.510. The maximum absolute atomic E-state index is 5.53. The Bertz CT molecular complexity index is 393. The molecular weight excluding hydrogens is 238 g/mol. The molecule has 1 aliphatic heterocycles. The summed E-state index contributed by atoms with van der Waals surface area (Å²) in [6, 6.07) is 0. The van der Waals surface area contributed by atoms with Gasteiger partial charge >= 0.3 is 0 Å². The molecule has 0 amide bonds. The summed E-state index contributed by atoms with van der Waals surface area (Å²) in [5.41, 5.74) is 6.65. The topological polar surface area (TPSA) is 58.3 Å². The summed E-state index contributed by atoms with van der Waals surface area (Å²) in [7, 11) is 0. The Morgan fingerprint density at radius 3 is 2.37 bits per heavy atom. The van der Waals surface area contributed by atoms with Gasteiger partial charge in [-0.25, -0.2) is 9.97 Å². The standard InChI is InChI=1S/C14H23N5/c15-4-3-13-9-16-14(17-10-13)19-7-5-18(6-8-19)11-12-1-2-12/h9-10,12H,1-8,11,15H2. The second kappa shape index (κ2) is 5.84. The van der Waals surface area contributed by atoms with E-state index in [1.165, 1.54) is 19.4 Å². The third kappa shape index (κ3) is 3.42. The summed E-state index contributed by atoms with van der Waals surface area (Å²) in [6.45, 7) is 6.33. The minimum atomic E-state index is 0.655. The van der Waals surface area contributed by atoms with E-state index in [4.69, 9.17) is 5.73 Å². The van der Waals surface area contributed by atoms with Crippen LogP contribution in [0, 0.1) is 5.92 Å². The molecule has 3 rings (SSSR count). The third-order valence-corrected chi connectivity index (χ3v) is 3.99. The summed E-state index contributed by atoms with van der Waals surface area (Å²) >= 11 is 0. The maximum atomic E-state index is 5.53. The molecule has 0 aromatic carbocycles. The van der Waals surface area contributed by atoms with E-state index in [9.17, 15) is 0 Å². The monoisotopic (exact) mass is 261 g/mol. The Hall–Kier alpha value is -1.20. The van der Waals surface area contributed by atoms with Gasteiger partial charge in [-0.1, -0.05) is 0 Å². The molecule has 0 spiro atoms. The molecule has 2 N–H and O–H groups in total. The van der Waals surface area contributed by atoms with Gasteiger partial charge in [0.15, 0.2) is 0 Å². The summed E-state index contributed by atoms with van der Waals surface area (Å²) in [5.74, 6) is 1.85. The van der Waals surface area contributed by atoms with E-state index < -0.39 is 0 Å². The van der Waals surface area contributed by atoms with E-state index in [-0.39, 0.29) is 0 Å². The van der Waals surface area contributed by atoms with Crippen molar-refractivity contribution in [1.29, 1.82) is 0 Å². The zero-order chi connectivity index (χ0) is 13.1. The fraction of sp³-hybridized carbons (Fsp3) is 0.714. The van der Waals surface area contributed by atoms with Crippen LogP contribution in [0.15, 0.2) is 12.4 Å². The summed E-state index contributed by atoms with van der Waals surface area (Å²) < 4.78 is 0. The normalized spacial score (nSPS) is 20.8. The lowest BCUT2D eigenvalue weighted by atomic mass is 10.2. The Morgan fingerprint density at radius 2 is 1.79 bits per heavy atom. The highest BCUT2D eigenvalue weighted by Crippen LogP contribution is 2.30. The molecule has 1 saturated heterocycles. The van der Waals surface area contributed by atoms with Crippen molar-refractivity contribution in [2.24, 2.45) is 11.7 Å². The first-order valence-electron chi connectivity index (χ1n) is 7.33. The average molecular weight is 261 g/mol. The molecule has 2 fully saturated rings. The van der Waals surface area contributed by atoms with E-state index in [0.29, 0.717) is 6.54 Å². The molecule has 1 saturated carbocycles. The van der Waals surface area contributed by atoms with Crippen LogP contribution < -0.4 is 10.6 Å². The maximum Gasteiger partial charge on any atom is 0.225 e. The number of hydrogen-bond donors (Lipinski definition) is 1. The molecule has 1 aromatic heterocycles. The summed E-state index contributed by atoms with van der Waals surface area (Å²) in [4.78, 5) is 13.8. The lowest BCUT2D eigenvalue weighted by Gasteiger charge is -2.34. The highest BCUT2D eigenvalue weighted by atomic mass is 15.3. The van der Waals surface area contributed by atoms with E-state index in [2.05, 4.69) is 19.8 Å². The molecule has 2 aliphatic rings. The van der Waals surface area contributed by atoms with Gasteiger partial charge in [0.1, 0.15) is 0 Å². The molecule has 5 nitrogen and oxygen atoms in total. The molecule has 0 bridgehead atoms. The second-order valence-corrected chi connectivity index (χ2v) is 5.66. The van der Waals surface area contributed by atoms with Crippen molar-refractivity contribution >= 4 is 5.95 Å². The lowest BCUT2D eigenvalue weighted by molar-refractivity contribution is 0.247. The second-order valence-electron chi connectivity index (χ2n) is 5.66. The highest BCUT2D eigenvalue weighted by molar-refractivity contribution is 5.30. The fourth-order valence-corrected chi connectivity index (χ4v) is 2.60. The van der Waals surface area contributed by atoms with Crippen molar-refractivity contribution < 1.29 is 0 Å². The molecule has 1 aromatic rings. The third-order valence-electron chi connectivity index (χ3n) is 3.99. The van der Waals surface area contributed by atoms with Crippen molar-refractivity contribution in [1.82, 2.24) is 14.9 Å². The van der Waals surface area contributed by atoms with Crippen LogP contribution in [0.5, 0.6) is 0 Å². The van der Waals surface area contributed by atoms with Crippen LogP contribution in [-0.4, -0.2) is 54.1 Å². The highest BCUT2D eigenvalue weighted by Gasteiger charge is 2.26. The SMILES string of the molecule is NCCc1cnc(N2CCN(CC3CC3)CC2)nc1. The minimum absolute atomic E-state index is 0.655. The van der Waals surface area contributed by atoms with Crippen molar-refractivity contribution in [3.63, 3.8) is 0 Å². The first-order valence-corrected chi connectivity index (χ1v) is 7.33. The predicted molar refractivity (Wildman–Crippen MR) is 76.2 cm³/mol. The van der Waals surface area contributed by atoms with Gasteiger partial charge in [-0.2, -0.15) is 0 Å². The van der Waals surface area contributed by atoms with Crippen LogP contribution in [-0.2, 0) is 6.42 Å². The van der Waals surface area contributed by atoms with Gasteiger partial charge in [0, 0.05) is 45.1 Å². The van der Waals surface area contributed by atoms with Crippen molar-refractivity contribution in [2.75, 3.05) is 44.2 Å². The van der Waals surface area contributed by atoms with Gasteiger partial charge in [0.25, 0.3) is 0 Å². The molecule has 104 valence electrons. The van der Waals surface area contributed by atoms with Gasteiger partial charge in [-0.05, 0) is 37.3 Å². The summed E-state index contributed by atoms with van der Waals surface area (Å²) in [6.07, 6.45) is 7.55. The first kappa shape index (κ1) is 12.8. The smallest absolute Gasteiger partial charge is 0.225 e. The number of rotatable bonds is 5. The Labute approximate surface area is 114 Å². The fourth-order valence-electron chi connectivity index (χ4n) is 2.60. The zero-order valence-electron chi connectivity index (χ0n) is 11.5. The average Bonchev–Trinajstić information content (AvgIpc) is 3.25. The number of anilines is 1. The quantitative estimate of drug-likeness (QED) is 0.837. The Balaban J connectivity index is 1.52. The number of nitrogens with two attached hydrogens (primary N) is 1. The van der Waals surface area contributed by atoms with Crippen LogP contribution in [0.1, 0.15) is 18.4 Å². The number of nitrogens with zero attached hydrogens (tertiary/aromatic N) is 4. The van der Waals surface area contributed by atoms with Gasteiger partial charge in [0.05, 0.1) is 0 Å². The van der Waals surface area contributed by atoms with Crippen LogP contribution in [0.2, 0.25) is 0 Å². The van der Waals surface area contributed by atoms with Gasteiger partial charge in [0.2, 0.25) is 5.95 Å². The van der Waals surface area contributed by atoms with Crippen molar-refractivity contribution in [2.45, 2.75) is 19.3 Å². The summed E-state index contributed by atoms with van der Waals surface area (Å²) in [5, 5.41) is 0. The van der Waals surface area contributed by atoms with Crippen LogP contribution in [0.3, 0.4) is 0 Å². The van der Waals surface area contributed by atoms with Gasteiger partial charge in [-0.3, -0.25) is 4.90 Å². The lowest BCUT2D eigenvalue weighted by Crippen LogP contribution is -2.47. The van der Waals surface area contributed by atoms with Crippen molar-refractivity contribution in [3.8, 4) is 0 Å². The number of aromatic nitrogens is 2. The zero-order valence-corrected chi connectivity index (χ0v) is 11.5. The Kier molecular flexibility index (Phi) is 3.94. The van der Waals surface area contributed by atoms with Crippen LogP contribution >= 0.6 is 0 Å². The minimum Gasteiger partial charge on any atom is -0.338 e. The molecule has 19 heavy (non-hydrogen) atoms. The largest absolute Gasteiger partial charge is 0.338 e. The number of hydrogen-bond acceptors (Lipinski definition) is 5. The Morgan fingerprint density at radius 1 is 1.11 bits per heavy atom. The molecule has 0 atom stereocenters. The van der Waals surface area contributed by atoms with E-state index in [1.54, 1.807) is 0 Å². The molecule has 1 aliphatic carbocycles. The van der Waals surface area contributed by atoms with E-state index in [0.717, 1.165) is 50.0 Å². The molecule has 0 unspecified atom stereocenters. The van der Waals surface area contributed by atoms with E-state index in [1.807, 2.05) is 12.4 Å².